The molecule has 20 heavy (non-hydrogen) atoms. The van der Waals surface area contributed by atoms with Crippen molar-refractivity contribution in [2.45, 2.75) is 20.0 Å². The molecule has 0 aliphatic carbocycles. The van der Waals surface area contributed by atoms with E-state index in [9.17, 15) is 4.79 Å². The first-order chi connectivity index (χ1) is 9.65. The Morgan fingerprint density at radius 1 is 1.40 bits per heavy atom. The molecule has 1 atom stereocenters. The second-order valence-electron chi connectivity index (χ2n) is 5.19. The van der Waals surface area contributed by atoms with Crippen molar-refractivity contribution in [1.82, 2.24) is 10.3 Å². The van der Waals surface area contributed by atoms with Crippen LogP contribution in [0.15, 0.2) is 18.2 Å². The molecule has 0 radical (unpaired) electrons. The van der Waals surface area contributed by atoms with Gasteiger partial charge in [-0.05, 0) is 37.6 Å². The Labute approximate surface area is 117 Å². The summed E-state index contributed by atoms with van der Waals surface area (Å²) in [5, 5.41) is 7.22. The largest absolute Gasteiger partial charge is 0.366 e. The molecule has 1 fully saturated rings. The third kappa shape index (κ3) is 2.42. The topological polar surface area (TPSA) is 66.2 Å². The standard InChI is InChI=1S/C15H19N3O2/c1-9-10(2)17-13-4-3-11(7-12(9)13)18-15(19)14-8-16-5-6-20-14/h3-4,7,14,16-17H,5-6,8H2,1-2H3,(H,18,19). The maximum atomic E-state index is 12.1. The Kier molecular flexibility index (Phi) is 3.46. The molecule has 0 spiro atoms. The lowest BCUT2D eigenvalue weighted by molar-refractivity contribution is -0.128. The second-order valence-corrected chi connectivity index (χ2v) is 5.19. The molecule has 1 unspecified atom stereocenters. The Bertz CT molecular complexity index is 642. The van der Waals surface area contributed by atoms with Gasteiger partial charge >= 0.3 is 0 Å². The van der Waals surface area contributed by atoms with E-state index >= 15 is 0 Å². The number of hydrogen-bond donors (Lipinski definition) is 3. The predicted octanol–water partition coefficient (Wildman–Crippen LogP) is 1.71. The number of amides is 1. The van der Waals surface area contributed by atoms with E-state index in [1.54, 1.807) is 0 Å². The minimum atomic E-state index is -0.409. The lowest BCUT2D eigenvalue weighted by Gasteiger charge is -2.22. The first kappa shape index (κ1) is 13.1. The minimum Gasteiger partial charge on any atom is -0.366 e. The van der Waals surface area contributed by atoms with Crippen molar-refractivity contribution in [3.05, 3.63) is 29.5 Å². The van der Waals surface area contributed by atoms with E-state index in [-0.39, 0.29) is 5.91 Å². The molecule has 2 aromatic rings. The van der Waals surface area contributed by atoms with Gasteiger partial charge in [0.1, 0.15) is 6.10 Å². The number of aromatic nitrogens is 1. The molecule has 1 aromatic carbocycles. The van der Waals surface area contributed by atoms with Gasteiger partial charge < -0.3 is 20.4 Å². The highest BCUT2D eigenvalue weighted by Gasteiger charge is 2.21. The van der Waals surface area contributed by atoms with E-state index in [0.717, 1.165) is 28.8 Å². The van der Waals surface area contributed by atoms with E-state index in [0.29, 0.717) is 13.2 Å². The lowest BCUT2D eigenvalue weighted by atomic mass is 10.1. The monoisotopic (exact) mass is 273 g/mol. The summed E-state index contributed by atoms with van der Waals surface area (Å²) in [6.45, 7) is 6.07. The van der Waals surface area contributed by atoms with Crippen molar-refractivity contribution < 1.29 is 9.53 Å². The number of carbonyl (C=O) groups excluding carboxylic acids is 1. The summed E-state index contributed by atoms with van der Waals surface area (Å²) < 4.78 is 5.45. The van der Waals surface area contributed by atoms with Gasteiger partial charge in [0.2, 0.25) is 0 Å². The number of H-pyrrole nitrogens is 1. The summed E-state index contributed by atoms with van der Waals surface area (Å²) in [6.07, 6.45) is -0.409. The van der Waals surface area contributed by atoms with Gasteiger partial charge in [0.25, 0.3) is 5.91 Å². The van der Waals surface area contributed by atoms with E-state index in [1.165, 1.54) is 5.56 Å². The quantitative estimate of drug-likeness (QED) is 0.780. The third-order valence-electron chi connectivity index (χ3n) is 3.80. The number of nitrogens with one attached hydrogen (secondary N) is 3. The van der Waals surface area contributed by atoms with Crippen molar-refractivity contribution in [2.75, 3.05) is 25.0 Å². The molecule has 5 heteroatoms. The number of rotatable bonds is 2. The third-order valence-corrected chi connectivity index (χ3v) is 3.80. The zero-order chi connectivity index (χ0) is 14.1. The van der Waals surface area contributed by atoms with Crippen LogP contribution < -0.4 is 10.6 Å². The number of fused-ring (bicyclic) bond motifs is 1. The fourth-order valence-corrected chi connectivity index (χ4v) is 2.50. The number of anilines is 1. The van der Waals surface area contributed by atoms with E-state index in [2.05, 4.69) is 29.5 Å². The number of morpholine rings is 1. The predicted molar refractivity (Wildman–Crippen MR) is 79.0 cm³/mol. The zero-order valence-electron chi connectivity index (χ0n) is 11.7. The van der Waals surface area contributed by atoms with Gasteiger partial charge in [-0.3, -0.25) is 4.79 Å². The summed E-state index contributed by atoms with van der Waals surface area (Å²) in [4.78, 5) is 15.4. The number of aryl methyl sites for hydroxylation is 2. The highest BCUT2D eigenvalue weighted by Crippen LogP contribution is 2.24. The lowest BCUT2D eigenvalue weighted by Crippen LogP contribution is -2.45. The maximum absolute atomic E-state index is 12.1. The number of ether oxygens (including phenoxy) is 1. The summed E-state index contributed by atoms with van der Waals surface area (Å²) in [5.41, 5.74) is 4.27. The Morgan fingerprint density at radius 3 is 3.00 bits per heavy atom. The molecule has 1 aliphatic rings. The molecule has 2 heterocycles. The molecule has 1 saturated heterocycles. The summed E-state index contributed by atoms with van der Waals surface area (Å²) in [7, 11) is 0. The number of hydrogen-bond acceptors (Lipinski definition) is 3. The van der Waals surface area contributed by atoms with E-state index in [4.69, 9.17) is 4.74 Å². The van der Waals surface area contributed by atoms with Crippen LogP contribution in [0.4, 0.5) is 5.69 Å². The molecular weight excluding hydrogens is 254 g/mol. The number of benzene rings is 1. The van der Waals surface area contributed by atoms with Crippen LogP contribution in [0.3, 0.4) is 0 Å². The minimum absolute atomic E-state index is 0.0959. The SMILES string of the molecule is Cc1[nH]c2ccc(NC(=O)C3CNCCO3)cc2c1C. The van der Waals surface area contributed by atoms with Crippen molar-refractivity contribution in [1.29, 1.82) is 0 Å². The van der Waals surface area contributed by atoms with Crippen molar-refractivity contribution in [2.24, 2.45) is 0 Å². The fourth-order valence-electron chi connectivity index (χ4n) is 2.50. The summed E-state index contributed by atoms with van der Waals surface area (Å²) >= 11 is 0. The Balaban J connectivity index is 1.80. The van der Waals surface area contributed by atoms with Crippen molar-refractivity contribution in [3.8, 4) is 0 Å². The average Bonchev–Trinajstić information content (AvgIpc) is 2.75. The van der Waals surface area contributed by atoms with Crippen LogP contribution in [0.25, 0.3) is 10.9 Å². The molecule has 5 nitrogen and oxygen atoms in total. The fraction of sp³-hybridized carbons (Fsp3) is 0.400. The highest BCUT2D eigenvalue weighted by atomic mass is 16.5. The maximum Gasteiger partial charge on any atom is 0.254 e. The van der Waals surface area contributed by atoms with Gasteiger partial charge in [0, 0.05) is 35.4 Å². The molecule has 0 saturated carbocycles. The molecule has 1 aliphatic heterocycles. The van der Waals surface area contributed by atoms with Gasteiger partial charge in [0.15, 0.2) is 0 Å². The molecule has 3 rings (SSSR count). The normalized spacial score (nSPS) is 19.2. The van der Waals surface area contributed by atoms with E-state index in [1.807, 2.05) is 18.2 Å². The van der Waals surface area contributed by atoms with Crippen LogP contribution in [0.5, 0.6) is 0 Å². The first-order valence-corrected chi connectivity index (χ1v) is 6.87. The average molecular weight is 273 g/mol. The first-order valence-electron chi connectivity index (χ1n) is 6.87. The smallest absolute Gasteiger partial charge is 0.254 e. The van der Waals surface area contributed by atoms with Gasteiger partial charge in [-0.15, -0.1) is 0 Å². The van der Waals surface area contributed by atoms with Crippen LogP contribution in [-0.4, -0.2) is 36.7 Å². The van der Waals surface area contributed by atoms with Crippen LogP contribution in [0.1, 0.15) is 11.3 Å². The molecule has 0 bridgehead atoms. The van der Waals surface area contributed by atoms with Gasteiger partial charge in [-0.2, -0.15) is 0 Å². The van der Waals surface area contributed by atoms with Crippen LogP contribution in [-0.2, 0) is 9.53 Å². The van der Waals surface area contributed by atoms with Crippen molar-refractivity contribution >= 4 is 22.5 Å². The van der Waals surface area contributed by atoms with Gasteiger partial charge in [0.05, 0.1) is 6.61 Å². The Hall–Kier alpha value is -1.85. The van der Waals surface area contributed by atoms with Gasteiger partial charge in [-0.1, -0.05) is 0 Å². The van der Waals surface area contributed by atoms with Crippen molar-refractivity contribution in [3.63, 3.8) is 0 Å². The van der Waals surface area contributed by atoms with Crippen LogP contribution >= 0.6 is 0 Å². The number of aromatic amines is 1. The second kappa shape index (κ2) is 5.26. The highest BCUT2D eigenvalue weighted by molar-refractivity contribution is 5.97. The number of carbonyl (C=O) groups is 1. The van der Waals surface area contributed by atoms with Crippen LogP contribution in [0, 0.1) is 13.8 Å². The van der Waals surface area contributed by atoms with E-state index < -0.39 is 6.10 Å². The Morgan fingerprint density at radius 2 is 2.25 bits per heavy atom. The molecule has 106 valence electrons. The summed E-state index contributed by atoms with van der Waals surface area (Å²) in [5.74, 6) is -0.0959. The summed E-state index contributed by atoms with van der Waals surface area (Å²) in [6, 6.07) is 5.90. The molecule has 1 amide bonds. The molecule has 1 aromatic heterocycles. The van der Waals surface area contributed by atoms with Crippen LogP contribution in [0.2, 0.25) is 0 Å². The molecule has 3 N–H and O–H groups in total. The molecular formula is C15H19N3O2. The zero-order valence-corrected chi connectivity index (χ0v) is 11.7. The van der Waals surface area contributed by atoms with Gasteiger partial charge in [-0.25, -0.2) is 0 Å².